The molecule has 0 unspecified atom stereocenters. The Kier molecular flexibility index (Phi) is 21.8. The smallest absolute Gasteiger partial charge is 0.341 e. The fourth-order valence-electron chi connectivity index (χ4n) is 3.84. The average molecular weight is 495 g/mol. The molecule has 0 amide bonds. The van der Waals surface area contributed by atoms with Crippen molar-refractivity contribution in [3.63, 3.8) is 0 Å². The largest absolute Gasteiger partial charge is 0.507 e. The number of unbranched alkanes of at least 4 members (excludes halogenated alkanes) is 15. The van der Waals surface area contributed by atoms with Gasteiger partial charge < -0.3 is 19.4 Å². The zero-order valence-corrected chi connectivity index (χ0v) is 23.4. The number of carbonyl (C=O) groups is 1. The quantitative estimate of drug-likeness (QED) is 0.112. The summed E-state index contributed by atoms with van der Waals surface area (Å²) in [5, 5.41) is 18.0. The summed E-state index contributed by atoms with van der Waals surface area (Å²) in [6.45, 7) is 3.83. The van der Waals surface area contributed by atoms with E-state index in [9.17, 15) is 9.90 Å². The van der Waals surface area contributed by atoms with E-state index in [2.05, 4.69) is 28.1 Å². The van der Waals surface area contributed by atoms with Crippen LogP contribution in [0.2, 0.25) is 0 Å². The topological polar surface area (TPSA) is 66.8 Å². The molecule has 0 saturated heterocycles. The lowest BCUT2D eigenvalue weighted by molar-refractivity contribution is -0.870. The third-order valence-electron chi connectivity index (χ3n) is 6.13. The summed E-state index contributed by atoms with van der Waals surface area (Å²) in [6.07, 6.45) is 21.3. The van der Waals surface area contributed by atoms with E-state index < -0.39 is 5.97 Å². The van der Waals surface area contributed by atoms with Crippen LogP contribution in [0, 0.1) is 0 Å². The van der Waals surface area contributed by atoms with Gasteiger partial charge in [-0.1, -0.05) is 115 Å². The van der Waals surface area contributed by atoms with Gasteiger partial charge in [0.15, 0.2) is 0 Å². The number of para-hydroxylation sites is 1. The molecule has 0 bridgehead atoms. The molecule has 0 aliphatic carbocycles. The second-order valence-electron chi connectivity index (χ2n) is 10.7. The predicted molar refractivity (Wildman–Crippen MR) is 148 cm³/mol. The number of nitrogens with zero attached hydrogens (tertiary/aromatic N) is 1. The van der Waals surface area contributed by atoms with Crippen molar-refractivity contribution in [1.82, 2.24) is 0 Å². The molecule has 0 spiro atoms. The van der Waals surface area contributed by atoms with Gasteiger partial charge in [0.25, 0.3) is 0 Å². The SMILES string of the molecule is CCCCCCCCCCCCCCCCCCOC(=O)c1ccccc1O.C[N+](C)(C)CCO. The Hall–Kier alpha value is -1.59. The molecule has 2 N–H and O–H groups in total. The van der Waals surface area contributed by atoms with Gasteiger partial charge in [-0.2, -0.15) is 0 Å². The number of likely N-dealkylation sites (N-methyl/N-ethyl adjacent to an activating group) is 1. The molecule has 1 aromatic rings. The molecule has 0 radical (unpaired) electrons. The lowest BCUT2D eigenvalue weighted by Crippen LogP contribution is -2.36. The number of ether oxygens (including phenoxy) is 1. The van der Waals surface area contributed by atoms with Crippen LogP contribution in [0.4, 0.5) is 0 Å². The first-order valence-corrected chi connectivity index (χ1v) is 14.2. The summed E-state index contributed by atoms with van der Waals surface area (Å²) in [5.41, 5.74) is 0.249. The van der Waals surface area contributed by atoms with Gasteiger partial charge in [0, 0.05) is 0 Å². The van der Waals surface area contributed by atoms with Crippen LogP contribution in [0.5, 0.6) is 5.75 Å². The number of phenols is 1. The molecular formula is C30H56NO4+. The van der Waals surface area contributed by atoms with E-state index in [1.165, 1.54) is 96.0 Å². The van der Waals surface area contributed by atoms with Crippen LogP contribution in [-0.2, 0) is 4.74 Å². The summed E-state index contributed by atoms with van der Waals surface area (Å²) < 4.78 is 6.07. The molecule has 0 fully saturated rings. The molecule has 0 heterocycles. The predicted octanol–water partition coefficient (Wildman–Crippen LogP) is 7.50. The lowest BCUT2D eigenvalue weighted by Gasteiger charge is -2.21. The Morgan fingerprint density at radius 2 is 1.17 bits per heavy atom. The molecule has 1 aromatic carbocycles. The highest BCUT2D eigenvalue weighted by Gasteiger charge is 2.10. The summed E-state index contributed by atoms with van der Waals surface area (Å²) in [6, 6.07) is 6.52. The normalized spacial score (nSPS) is 11.1. The molecule has 5 nitrogen and oxygen atoms in total. The van der Waals surface area contributed by atoms with E-state index in [0.29, 0.717) is 6.61 Å². The van der Waals surface area contributed by atoms with Crippen molar-refractivity contribution in [2.75, 3.05) is 40.9 Å². The van der Waals surface area contributed by atoms with E-state index in [0.717, 1.165) is 23.9 Å². The minimum Gasteiger partial charge on any atom is -0.507 e. The van der Waals surface area contributed by atoms with Gasteiger partial charge in [-0.05, 0) is 18.6 Å². The Balaban J connectivity index is 0.00000143. The molecule has 0 aromatic heterocycles. The monoisotopic (exact) mass is 494 g/mol. The summed E-state index contributed by atoms with van der Waals surface area (Å²) >= 11 is 0. The number of phenolic OH excluding ortho intramolecular Hbond substituents is 1. The number of hydrogen-bond acceptors (Lipinski definition) is 4. The summed E-state index contributed by atoms with van der Waals surface area (Å²) in [4.78, 5) is 11.8. The number of hydrogen-bond donors (Lipinski definition) is 2. The maximum absolute atomic E-state index is 11.8. The van der Waals surface area contributed by atoms with E-state index >= 15 is 0 Å². The number of rotatable bonds is 20. The van der Waals surface area contributed by atoms with Crippen LogP contribution >= 0.6 is 0 Å². The maximum Gasteiger partial charge on any atom is 0.341 e. The highest BCUT2D eigenvalue weighted by molar-refractivity contribution is 5.92. The van der Waals surface area contributed by atoms with Crippen molar-refractivity contribution in [2.45, 2.75) is 110 Å². The van der Waals surface area contributed by atoms with E-state index in [-0.39, 0.29) is 17.9 Å². The van der Waals surface area contributed by atoms with Crippen LogP contribution in [0.25, 0.3) is 0 Å². The summed E-state index contributed by atoms with van der Waals surface area (Å²) in [7, 11) is 6.16. The lowest BCUT2D eigenvalue weighted by atomic mass is 10.0. The van der Waals surface area contributed by atoms with Gasteiger partial charge in [0.2, 0.25) is 0 Å². The van der Waals surface area contributed by atoms with E-state index in [1.54, 1.807) is 18.2 Å². The zero-order valence-electron chi connectivity index (χ0n) is 23.4. The third-order valence-corrected chi connectivity index (χ3v) is 6.13. The highest BCUT2D eigenvalue weighted by atomic mass is 16.5. The maximum atomic E-state index is 11.8. The Morgan fingerprint density at radius 3 is 1.54 bits per heavy atom. The fraction of sp³-hybridized carbons (Fsp3) is 0.767. The first kappa shape index (κ1) is 33.4. The van der Waals surface area contributed by atoms with Gasteiger partial charge in [0.1, 0.15) is 17.9 Å². The number of esters is 1. The molecule has 35 heavy (non-hydrogen) atoms. The Morgan fingerprint density at radius 1 is 0.743 bits per heavy atom. The highest BCUT2D eigenvalue weighted by Crippen LogP contribution is 2.17. The fourth-order valence-corrected chi connectivity index (χ4v) is 3.84. The number of aliphatic hydroxyl groups is 1. The van der Waals surface area contributed by atoms with Gasteiger partial charge in [-0.3, -0.25) is 0 Å². The number of quaternary nitrogens is 1. The Labute approximate surface area is 216 Å². The van der Waals surface area contributed by atoms with E-state index in [4.69, 9.17) is 9.84 Å². The van der Waals surface area contributed by atoms with Crippen LogP contribution in [0.1, 0.15) is 120 Å². The number of carbonyl (C=O) groups excluding carboxylic acids is 1. The van der Waals surface area contributed by atoms with Gasteiger partial charge >= 0.3 is 5.97 Å². The van der Waals surface area contributed by atoms with Gasteiger partial charge in [0.05, 0.1) is 34.4 Å². The standard InChI is InChI=1S/C25H42O3.C5H14NO/c1-2-3-4-5-6-7-8-9-10-11-12-13-14-15-16-19-22-28-25(27)23-20-17-18-21-24(23)26;1-6(2,3)4-5-7/h17-18,20-21,26H,2-16,19,22H2,1H3;7H,4-5H2,1-3H3/q;+1. The van der Waals surface area contributed by atoms with Crippen molar-refractivity contribution in [3.8, 4) is 5.75 Å². The molecule has 204 valence electrons. The second-order valence-corrected chi connectivity index (χ2v) is 10.7. The van der Waals surface area contributed by atoms with Gasteiger partial charge in [-0.15, -0.1) is 0 Å². The Bertz CT molecular complexity index is 613. The second kappa shape index (κ2) is 22.8. The molecule has 0 atom stereocenters. The van der Waals surface area contributed by atoms with Crippen LogP contribution < -0.4 is 0 Å². The molecule has 0 saturated carbocycles. The van der Waals surface area contributed by atoms with Crippen molar-refractivity contribution in [3.05, 3.63) is 29.8 Å². The van der Waals surface area contributed by atoms with Crippen molar-refractivity contribution in [2.24, 2.45) is 0 Å². The van der Waals surface area contributed by atoms with Crippen molar-refractivity contribution >= 4 is 5.97 Å². The first-order valence-electron chi connectivity index (χ1n) is 14.2. The average Bonchev–Trinajstić information content (AvgIpc) is 2.81. The van der Waals surface area contributed by atoms with Crippen LogP contribution in [0.3, 0.4) is 0 Å². The first-order chi connectivity index (χ1) is 16.8. The number of aromatic hydroxyl groups is 1. The van der Waals surface area contributed by atoms with Crippen molar-refractivity contribution in [1.29, 1.82) is 0 Å². The number of aliphatic hydroxyl groups excluding tert-OH is 1. The minimum absolute atomic E-state index is 0.0144. The zero-order chi connectivity index (χ0) is 26.2. The molecule has 1 rings (SSSR count). The molecule has 5 heteroatoms. The molecular weight excluding hydrogens is 438 g/mol. The van der Waals surface area contributed by atoms with Gasteiger partial charge in [-0.25, -0.2) is 4.79 Å². The molecule has 0 aliphatic heterocycles. The summed E-state index contributed by atoms with van der Waals surface area (Å²) in [5.74, 6) is -0.446. The van der Waals surface area contributed by atoms with Crippen molar-refractivity contribution < 1.29 is 24.2 Å². The minimum atomic E-state index is -0.431. The third kappa shape index (κ3) is 22.6. The number of benzene rings is 1. The molecule has 0 aliphatic rings. The van der Waals surface area contributed by atoms with Crippen LogP contribution in [-0.4, -0.2) is 61.6 Å². The van der Waals surface area contributed by atoms with E-state index in [1.807, 2.05) is 0 Å². The van der Waals surface area contributed by atoms with Crippen LogP contribution in [0.15, 0.2) is 24.3 Å².